The highest BCUT2D eigenvalue weighted by atomic mass is 32.2. The van der Waals surface area contributed by atoms with Crippen molar-refractivity contribution in [3.8, 4) is 0 Å². The van der Waals surface area contributed by atoms with E-state index >= 15 is 0 Å². The van der Waals surface area contributed by atoms with Gasteiger partial charge in [-0.2, -0.15) is 0 Å². The van der Waals surface area contributed by atoms with E-state index < -0.39 is 21.7 Å². The molecule has 0 radical (unpaired) electrons. The van der Waals surface area contributed by atoms with Gasteiger partial charge in [-0.05, 0) is 36.4 Å². The van der Waals surface area contributed by atoms with Crippen LogP contribution in [0.3, 0.4) is 0 Å². The van der Waals surface area contributed by atoms with E-state index in [2.05, 4.69) is 9.71 Å². The zero-order valence-corrected chi connectivity index (χ0v) is 12.0. The first kappa shape index (κ1) is 13.9. The van der Waals surface area contributed by atoms with E-state index in [-0.39, 0.29) is 15.5 Å². The summed E-state index contributed by atoms with van der Waals surface area (Å²) in [6.45, 7) is 0. The second-order valence-electron chi connectivity index (χ2n) is 4.17. The maximum Gasteiger partial charge on any atom is 0.263 e. The number of para-hydroxylation sites is 1. The fourth-order valence-electron chi connectivity index (χ4n) is 1.75. The standard InChI is InChI=1S/C13H8F2N2O2S2/c14-8-4-6-9(7-5-8)21(18,19)17-13-16-12-10(15)2-1-3-11(12)20-13/h1-7H,(H,16,17). The third kappa shape index (κ3) is 2.72. The lowest BCUT2D eigenvalue weighted by Gasteiger charge is -2.04. The number of nitrogens with zero attached hydrogens (tertiary/aromatic N) is 1. The van der Waals surface area contributed by atoms with Gasteiger partial charge in [0.25, 0.3) is 10.0 Å². The van der Waals surface area contributed by atoms with Gasteiger partial charge < -0.3 is 0 Å². The first-order chi connectivity index (χ1) is 9.95. The van der Waals surface area contributed by atoms with Gasteiger partial charge in [0.1, 0.15) is 17.2 Å². The molecule has 3 rings (SSSR count). The average molecular weight is 326 g/mol. The summed E-state index contributed by atoms with van der Waals surface area (Å²) < 4.78 is 53.4. The molecule has 0 bridgehead atoms. The van der Waals surface area contributed by atoms with Gasteiger partial charge in [-0.3, -0.25) is 4.72 Å². The fraction of sp³-hybridized carbons (Fsp3) is 0. The molecule has 3 aromatic rings. The summed E-state index contributed by atoms with van der Waals surface area (Å²) in [7, 11) is -3.88. The molecular formula is C13H8F2N2O2S2. The Labute approximate surface area is 123 Å². The van der Waals surface area contributed by atoms with Gasteiger partial charge >= 0.3 is 0 Å². The SMILES string of the molecule is O=S(=O)(Nc1nc2c(F)cccc2s1)c1ccc(F)cc1. The maximum absolute atomic E-state index is 13.5. The Balaban J connectivity index is 1.97. The van der Waals surface area contributed by atoms with Crippen LogP contribution in [0.4, 0.5) is 13.9 Å². The van der Waals surface area contributed by atoms with Crippen LogP contribution in [0.2, 0.25) is 0 Å². The number of benzene rings is 2. The fourth-order valence-corrected chi connectivity index (χ4v) is 3.86. The van der Waals surface area contributed by atoms with Gasteiger partial charge in [0.05, 0.1) is 9.60 Å². The van der Waals surface area contributed by atoms with Crippen LogP contribution in [0.25, 0.3) is 10.2 Å². The van der Waals surface area contributed by atoms with Crippen LogP contribution in [-0.2, 0) is 10.0 Å². The summed E-state index contributed by atoms with van der Waals surface area (Å²) in [5.41, 5.74) is 0.110. The Morgan fingerprint density at radius 3 is 2.43 bits per heavy atom. The van der Waals surface area contributed by atoms with Gasteiger partial charge in [0.15, 0.2) is 5.13 Å². The molecule has 21 heavy (non-hydrogen) atoms. The zero-order valence-electron chi connectivity index (χ0n) is 10.4. The number of sulfonamides is 1. The highest BCUT2D eigenvalue weighted by Crippen LogP contribution is 2.29. The number of thiazole rings is 1. The Bertz CT molecular complexity index is 906. The molecule has 0 saturated carbocycles. The van der Waals surface area contributed by atoms with Gasteiger partial charge in [0, 0.05) is 0 Å². The molecule has 0 amide bonds. The van der Waals surface area contributed by atoms with Crippen LogP contribution in [0.15, 0.2) is 47.4 Å². The molecule has 0 fully saturated rings. The molecule has 2 aromatic carbocycles. The minimum Gasteiger partial charge on any atom is -0.255 e. The van der Waals surface area contributed by atoms with E-state index in [4.69, 9.17) is 0 Å². The predicted molar refractivity (Wildman–Crippen MR) is 76.8 cm³/mol. The van der Waals surface area contributed by atoms with Crippen LogP contribution in [-0.4, -0.2) is 13.4 Å². The molecule has 4 nitrogen and oxygen atoms in total. The van der Waals surface area contributed by atoms with E-state index in [1.807, 2.05) is 0 Å². The normalized spacial score (nSPS) is 11.7. The van der Waals surface area contributed by atoms with Crippen LogP contribution in [0.5, 0.6) is 0 Å². The van der Waals surface area contributed by atoms with Crippen molar-refractivity contribution in [1.29, 1.82) is 0 Å². The minimum atomic E-state index is -3.88. The largest absolute Gasteiger partial charge is 0.263 e. The Hall–Kier alpha value is -2.06. The lowest BCUT2D eigenvalue weighted by Crippen LogP contribution is -2.12. The number of fused-ring (bicyclic) bond motifs is 1. The molecule has 0 saturated heterocycles. The van der Waals surface area contributed by atoms with Crippen molar-refractivity contribution >= 4 is 36.7 Å². The Kier molecular flexibility index (Phi) is 3.34. The molecule has 0 atom stereocenters. The quantitative estimate of drug-likeness (QED) is 0.803. The first-order valence-electron chi connectivity index (χ1n) is 5.79. The molecule has 8 heteroatoms. The predicted octanol–water partition coefficient (Wildman–Crippen LogP) is 3.38. The number of hydrogen-bond donors (Lipinski definition) is 1. The van der Waals surface area contributed by atoms with E-state index in [0.717, 1.165) is 35.6 Å². The number of rotatable bonds is 3. The number of anilines is 1. The smallest absolute Gasteiger partial charge is 0.255 e. The second kappa shape index (κ2) is 5.05. The minimum absolute atomic E-state index is 0.0550. The van der Waals surface area contributed by atoms with Crippen LogP contribution < -0.4 is 4.72 Å². The van der Waals surface area contributed by atoms with Crippen molar-refractivity contribution in [1.82, 2.24) is 4.98 Å². The lowest BCUT2D eigenvalue weighted by molar-refractivity contribution is 0.599. The molecule has 0 aliphatic rings. The third-order valence-corrected chi connectivity index (χ3v) is 5.14. The number of nitrogens with one attached hydrogen (secondary N) is 1. The van der Waals surface area contributed by atoms with Crippen molar-refractivity contribution in [3.63, 3.8) is 0 Å². The van der Waals surface area contributed by atoms with E-state index in [1.54, 1.807) is 6.07 Å². The van der Waals surface area contributed by atoms with Crippen molar-refractivity contribution in [2.45, 2.75) is 4.90 Å². The first-order valence-corrected chi connectivity index (χ1v) is 8.09. The van der Waals surface area contributed by atoms with Crippen molar-refractivity contribution in [3.05, 3.63) is 54.1 Å². The summed E-state index contributed by atoms with van der Waals surface area (Å²) in [5, 5.41) is 0.0550. The van der Waals surface area contributed by atoms with Gasteiger partial charge in [-0.1, -0.05) is 17.4 Å². The number of aromatic nitrogens is 1. The van der Waals surface area contributed by atoms with E-state index in [9.17, 15) is 17.2 Å². The molecular weight excluding hydrogens is 318 g/mol. The van der Waals surface area contributed by atoms with Gasteiger partial charge in [0.2, 0.25) is 0 Å². The summed E-state index contributed by atoms with van der Waals surface area (Å²) in [4.78, 5) is 3.83. The Morgan fingerprint density at radius 2 is 1.76 bits per heavy atom. The molecule has 0 spiro atoms. The Morgan fingerprint density at radius 1 is 1.05 bits per heavy atom. The summed E-state index contributed by atoms with van der Waals surface area (Å²) in [6, 6.07) is 8.80. The molecule has 0 aliphatic heterocycles. The van der Waals surface area contributed by atoms with Gasteiger partial charge in [-0.25, -0.2) is 22.2 Å². The summed E-state index contributed by atoms with van der Waals surface area (Å²) >= 11 is 1.02. The second-order valence-corrected chi connectivity index (χ2v) is 6.88. The van der Waals surface area contributed by atoms with Crippen molar-refractivity contribution in [2.75, 3.05) is 4.72 Å². The highest BCUT2D eigenvalue weighted by molar-refractivity contribution is 7.93. The molecule has 1 aromatic heterocycles. The monoisotopic (exact) mass is 326 g/mol. The number of hydrogen-bond acceptors (Lipinski definition) is 4. The van der Waals surface area contributed by atoms with Crippen LogP contribution >= 0.6 is 11.3 Å². The van der Waals surface area contributed by atoms with Crippen LogP contribution in [0.1, 0.15) is 0 Å². The maximum atomic E-state index is 13.5. The van der Waals surface area contributed by atoms with Crippen molar-refractivity contribution < 1.29 is 17.2 Å². The molecule has 0 aliphatic carbocycles. The van der Waals surface area contributed by atoms with E-state index in [0.29, 0.717) is 4.70 Å². The molecule has 1 heterocycles. The molecule has 108 valence electrons. The van der Waals surface area contributed by atoms with Gasteiger partial charge in [-0.15, -0.1) is 0 Å². The topological polar surface area (TPSA) is 59.1 Å². The summed E-state index contributed by atoms with van der Waals surface area (Å²) in [5.74, 6) is -1.05. The van der Waals surface area contributed by atoms with Crippen molar-refractivity contribution in [2.24, 2.45) is 0 Å². The summed E-state index contributed by atoms with van der Waals surface area (Å²) in [6.07, 6.45) is 0. The lowest BCUT2D eigenvalue weighted by atomic mass is 10.3. The van der Waals surface area contributed by atoms with Crippen LogP contribution in [0, 0.1) is 11.6 Å². The van der Waals surface area contributed by atoms with E-state index in [1.165, 1.54) is 12.1 Å². The third-order valence-electron chi connectivity index (χ3n) is 2.72. The highest BCUT2D eigenvalue weighted by Gasteiger charge is 2.17. The zero-order chi connectivity index (χ0) is 15.0. The molecule has 0 unspecified atom stereocenters. The number of halogens is 2. The molecule has 1 N–H and O–H groups in total. The average Bonchev–Trinajstić information content (AvgIpc) is 2.82.